The van der Waals surface area contributed by atoms with E-state index < -0.39 is 0 Å². The molecule has 2 N–H and O–H groups in total. The Morgan fingerprint density at radius 3 is 2.62 bits per heavy atom. The van der Waals surface area contributed by atoms with Gasteiger partial charge in [0.1, 0.15) is 0 Å². The number of carbonyl (C=O) groups is 1. The number of allylic oxidation sites excluding steroid dienone is 5. The maximum absolute atomic E-state index is 10.9. The fourth-order valence-electron chi connectivity index (χ4n) is 0.965. The smallest absolute Gasteiger partial charge is 0.161 e. The first-order valence-electron chi connectivity index (χ1n) is 4.55. The van der Waals surface area contributed by atoms with Crippen LogP contribution in [0.15, 0.2) is 35.6 Å². The molecule has 0 unspecified atom stereocenters. The molecule has 0 amide bonds. The van der Waals surface area contributed by atoms with Gasteiger partial charge in [-0.1, -0.05) is 32.1 Å². The first-order valence-corrected chi connectivity index (χ1v) is 4.55. The number of Topliss-reactive ketones (excluding diaryl/α,β-unsaturated/α-hetero) is 1. The van der Waals surface area contributed by atoms with E-state index in [1.54, 1.807) is 6.08 Å². The van der Waals surface area contributed by atoms with E-state index >= 15 is 0 Å². The molecule has 0 radical (unpaired) electrons. The van der Waals surface area contributed by atoms with Crippen LogP contribution in [0, 0.1) is 0 Å². The zero-order valence-corrected chi connectivity index (χ0v) is 8.50. The van der Waals surface area contributed by atoms with E-state index in [4.69, 9.17) is 5.73 Å². The van der Waals surface area contributed by atoms with Gasteiger partial charge in [-0.15, -0.1) is 0 Å². The highest BCUT2D eigenvalue weighted by atomic mass is 16.1. The van der Waals surface area contributed by atoms with Crippen LogP contribution < -0.4 is 5.73 Å². The van der Waals surface area contributed by atoms with Crippen molar-refractivity contribution in [2.24, 2.45) is 5.73 Å². The van der Waals surface area contributed by atoms with Gasteiger partial charge in [0.15, 0.2) is 5.78 Å². The third-order valence-electron chi connectivity index (χ3n) is 1.56. The fourth-order valence-corrected chi connectivity index (χ4v) is 0.965. The fraction of sp³-hybridized carbons (Fsp3) is 0.364. The van der Waals surface area contributed by atoms with Crippen LogP contribution in [-0.2, 0) is 4.79 Å². The molecule has 0 aromatic heterocycles. The SMILES string of the molecule is CC.CC(=O)C1=CC=CCC=C1N. The van der Waals surface area contributed by atoms with Crippen molar-refractivity contribution in [3.8, 4) is 0 Å². The van der Waals surface area contributed by atoms with Gasteiger partial charge in [-0.05, 0) is 19.4 Å². The Labute approximate surface area is 79.8 Å². The number of hydrogen-bond donors (Lipinski definition) is 1. The van der Waals surface area contributed by atoms with Crippen molar-refractivity contribution < 1.29 is 4.79 Å². The summed E-state index contributed by atoms with van der Waals surface area (Å²) < 4.78 is 0. The summed E-state index contributed by atoms with van der Waals surface area (Å²) in [6.07, 6.45) is 8.22. The Hall–Kier alpha value is -1.31. The number of carbonyl (C=O) groups excluding carboxylic acids is 1. The predicted octanol–water partition coefficient (Wildman–Crippen LogP) is 2.33. The van der Waals surface area contributed by atoms with Crippen molar-refractivity contribution in [2.75, 3.05) is 0 Å². The lowest BCUT2D eigenvalue weighted by Gasteiger charge is -1.99. The van der Waals surface area contributed by atoms with E-state index in [1.807, 2.05) is 32.1 Å². The molecule has 1 aliphatic carbocycles. The maximum atomic E-state index is 10.9. The molecular weight excluding hydrogens is 162 g/mol. The van der Waals surface area contributed by atoms with Gasteiger partial charge in [0.25, 0.3) is 0 Å². The number of nitrogens with two attached hydrogens (primary N) is 1. The molecule has 0 atom stereocenters. The molecule has 0 bridgehead atoms. The molecule has 0 saturated heterocycles. The average molecular weight is 179 g/mol. The highest BCUT2D eigenvalue weighted by Gasteiger charge is 2.05. The number of hydrogen-bond acceptors (Lipinski definition) is 2. The zero-order valence-electron chi connectivity index (χ0n) is 8.50. The van der Waals surface area contributed by atoms with Crippen molar-refractivity contribution in [1.29, 1.82) is 0 Å². The van der Waals surface area contributed by atoms with Crippen molar-refractivity contribution in [3.63, 3.8) is 0 Å². The summed E-state index contributed by atoms with van der Waals surface area (Å²) in [4.78, 5) is 10.9. The van der Waals surface area contributed by atoms with Gasteiger partial charge in [-0.3, -0.25) is 4.79 Å². The molecule has 0 heterocycles. The van der Waals surface area contributed by atoms with E-state index in [0.717, 1.165) is 6.42 Å². The first kappa shape index (κ1) is 11.7. The van der Waals surface area contributed by atoms with Crippen LogP contribution >= 0.6 is 0 Å². The number of ketones is 1. The Morgan fingerprint density at radius 2 is 2.08 bits per heavy atom. The molecule has 0 aromatic rings. The molecule has 0 fully saturated rings. The highest BCUT2D eigenvalue weighted by molar-refractivity contribution is 5.97. The molecule has 0 aliphatic heterocycles. The van der Waals surface area contributed by atoms with Crippen molar-refractivity contribution in [1.82, 2.24) is 0 Å². The van der Waals surface area contributed by atoms with Gasteiger partial charge < -0.3 is 5.73 Å². The largest absolute Gasteiger partial charge is 0.398 e. The lowest BCUT2D eigenvalue weighted by Crippen LogP contribution is -2.07. The minimum atomic E-state index is 0.0188. The van der Waals surface area contributed by atoms with Gasteiger partial charge in [0.05, 0.1) is 0 Å². The predicted molar refractivity (Wildman–Crippen MR) is 56.1 cm³/mol. The van der Waals surface area contributed by atoms with Crippen LogP contribution in [0.3, 0.4) is 0 Å². The van der Waals surface area contributed by atoms with Crippen LogP contribution in [0.4, 0.5) is 0 Å². The molecule has 72 valence electrons. The average Bonchev–Trinajstić information content (AvgIpc) is 2.33. The topological polar surface area (TPSA) is 43.1 Å². The normalized spacial score (nSPS) is 14.7. The quantitative estimate of drug-likeness (QED) is 0.671. The lowest BCUT2D eigenvalue weighted by molar-refractivity contribution is -0.113. The Kier molecular flexibility index (Phi) is 5.60. The van der Waals surface area contributed by atoms with Crippen molar-refractivity contribution in [3.05, 3.63) is 35.6 Å². The Bertz CT molecular complexity index is 259. The third kappa shape index (κ3) is 3.74. The second-order valence-electron chi connectivity index (χ2n) is 2.46. The Balaban J connectivity index is 0.000000671. The van der Waals surface area contributed by atoms with Gasteiger partial charge in [-0.2, -0.15) is 0 Å². The summed E-state index contributed by atoms with van der Waals surface area (Å²) in [6.45, 7) is 5.52. The molecule has 0 saturated carbocycles. The van der Waals surface area contributed by atoms with E-state index in [9.17, 15) is 4.79 Å². The van der Waals surface area contributed by atoms with Crippen molar-refractivity contribution >= 4 is 5.78 Å². The van der Waals surface area contributed by atoms with Crippen LogP contribution in [0.1, 0.15) is 27.2 Å². The van der Waals surface area contributed by atoms with Crippen LogP contribution in [0.25, 0.3) is 0 Å². The van der Waals surface area contributed by atoms with E-state index in [-0.39, 0.29) is 5.78 Å². The standard InChI is InChI=1S/C9H11NO.C2H6/c1-7(11)8-5-3-2-4-6-9(8)10;1-2/h2-3,5-6H,4,10H2,1H3;1-2H3. The second-order valence-corrected chi connectivity index (χ2v) is 2.46. The molecule has 2 nitrogen and oxygen atoms in total. The van der Waals surface area contributed by atoms with Gasteiger partial charge in [-0.25, -0.2) is 0 Å². The molecule has 2 heteroatoms. The molecule has 0 spiro atoms. The minimum Gasteiger partial charge on any atom is -0.398 e. The van der Waals surface area contributed by atoms with Gasteiger partial charge in [0.2, 0.25) is 0 Å². The highest BCUT2D eigenvalue weighted by Crippen LogP contribution is 2.10. The summed E-state index contributed by atoms with van der Waals surface area (Å²) in [5, 5.41) is 0. The monoisotopic (exact) mass is 179 g/mol. The summed E-state index contributed by atoms with van der Waals surface area (Å²) in [5.74, 6) is 0.0188. The van der Waals surface area contributed by atoms with Gasteiger partial charge in [0, 0.05) is 11.3 Å². The maximum Gasteiger partial charge on any atom is 0.161 e. The molecular formula is C11H17NO. The molecule has 0 aromatic carbocycles. The first-order chi connectivity index (χ1) is 6.22. The summed E-state index contributed by atoms with van der Waals surface area (Å²) >= 11 is 0. The van der Waals surface area contributed by atoms with Crippen LogP contribution in [-0.4, -0.2) is 5.78 Å². The van der Waals surface area contributed by atoms with E-state index in [2.05, 4.69) is 0 Å². The lowest BCUT2D eigenvalue weighted by atomic mass is 10.1. The second kappa shape index (κ2) is 6.23. The molecule has 1 rings (SSSR count). The molecule has 13 heavy (non-hydrogen) atoms. The van der Waals surface area contributed by atoms with E-state index in [1.165, 1.54) is 6.92 Å². The summed E-state index contributed by atoms with van der Waals surface area (Å²) in [5.41, 5.74) is 6.81. The third-order valence-corrected chi connectivity index (χ3v) is 1.56. The zero-order chi connectivity index (χ0) is 10.3. The van der Waals surface area contributed by atoms with Gasteiger partial charge >= 0.3 is 0 Å². The summed E-state index contributed by atoms with van der Waals surface area (Å²) in [7, 11) is 0. The number of rotatable bonds is 1. The molecule has 1 aliphatic rings. The minimum absolute atomic E-state index is 0.0188. The van der Waals surface area contributed by atoms with Crippen LogP contribution in [0.5, 0.6) is 0 Å². The summed E-state index contributed by atoms with van der Waals surface area (Å²) in [6, 6.07) is 0. The van der Waals surface area contributed by atoms with E-state index in [0.29, 0.717) is 11.3 Å². The van der Waals surface area contributed by atoms with Crippen LogP contribution in [0.2, 0.25) is 0 Å². The van der Waals surface area contributed by atoms with Crippen molar-refractivity contribution in [2.45, 2.75) is 27.2 Å². The Morgan fingerprint density at radius 1 is 1.46 bits per heavy atom.